The molecule has 24 heavy (non-hydrogen) atoms. The van der Waals surface area contributed by atoms with Crippen LogP contribution in [0.5, 0.6) is 0 Å². The van der Waals surface area contributed by atoms with Gasteiger partial charge in [-0.3, -0.25) is 0 Å². The summed E-state index contributed by atoms with van der Waals surface area (Å²) >= 11 is 8.43. The summed E-state index contributed by atoms with van der Waals surface area (Å²) in [4.78, 5) is 0.513. The van der Waals surface area contributed by atoms with Crippen LogP contribution in [-0.2, 0) is 12.4 Å². The molecule has 8 heteroatoms. The number of hydrogen-bond acceptors (Lipinski definition) is 2. The first kappa shape index (κ1) is 18.8. The number of benzene rings is 2. The summed E-state index contributed by atoms with van der Waals surface area (Å²) in [6.07, 6.45) is -8.90. The first-order valence-electron chi connectivity index (χ1n) is 6.47. The van der Waals surface area contributed by atoms with Crippen molar-refractivity contribution in [3.63, 3.8) is 0 Å². The minimum atomic E-state index is -4.45. The third-order valence-corrected chi connectivity index (χ3v) is 4.34. The first-order valence-corrected chi connectivity index (χ1v) is 7.37. The molecule has 0 nitrogen and oxygen atoms in total. The van der Waals surface area contributed by atoms with Crippen LogP contribution in [0, 0.1) is 0 Å². The molecule has 0 aliphatic rings. The monoisotopic (exact) mass is 380 g/mol. The van der Waals surface area contributed by atoms with Gasteiger partial charge in [-0.05, 0) is 35.4 Å². The molecule has 0 atom stereocenters. The number of hydrogen-bond donors (Lipinski definition) is 2. The van der Waals surface area contributed by atoms with Crippen LogP contribution in [0.15, 0.2) is 48.5 Å². The lowest BCUT2D eigenvalue weighted by molar-refractivity contribution is -0.138. The van der Waals surface area contributed by atoms with Gasteiger partial charge in [-0.15, -0.1) is 25.3 Å². The molecule has 0 aliphatic carbocycles. The maximum absolute atomic E-state index is 12.5. The van der Waals surface area contributed by atoms with Crippen LogP contribution in [0.1, 0.15) is 22.3 Å². The van der Waals surface area contributed by atoms with Crippen LogP contribution in [0.3, 0.4) is 0 Å². The second-order valence-corrected chi connectivity index (χ2v) is 5.74. The predicted octanol–water partition coefficient (Wildman–Crippen LogP) is 6.41. The van der Waals surface area contributed by atoms with Gasteiger partial charge in [-0.25, -0.2) is 0 Å². The molecule has 0 heterocycles. The van der Waals surface area contributed by atoms with E-state index in [9.17, 15) is 26.3 Å². The molecule has 0 amide bonds. The summed E-state index contributed by atoms with van der Waals surface area (Å²) in [5, 5.41) is 0. The average molecular weight is 380 g/mol. The molecule has 0 N–H and O–H groups in total. The van der Waals surface area contributed by atoms with Crippen molar-refractivity contribution in [1.82, 2.24) is 0 Å². The average Bonchev–Trinajstić information content (AvgIpc) is 2.52. The van der Waals surface area contributed by atoms with Gasteiger partial charge in [0, 0.05) is 9.81 Å². The summed E-state index contributed by atoms with van der Waals surface area (Å²) in [5.41, 5.74) is -0.863. The number of alkyl halides is 6. The second-order valence-electron chi connectivity index (χ2n) is 4.85. The Balaban J connectivity index is 2.33. The summed E-state index contributed by atoms with van der Waals surface area (Å²) in [6, 6.07) is 8.52. The van der Waals surface area contributed by atoms with E-state index in [0.29, 0.717) is 11.1 Å². The molecule has 0 saturated carbocycles. The minimum absolute atomic E-state index is 0.256. The molecule has 0 bridgehead atoms. The van der Waals surface area contributed by atoms with Crippen molar-refractivity contribution in [2.45, 2.75) is 12.4 Å². The van der Waals surface area contributed by atoms with E-state index in [1.165, 1.54) is 24.3 Å². The maximum atomic E-state index is 12.5. The van der Waals surface area contributed by atoms with E-state index in [1.807, 2.05) is 0 Å². The van der Waals surface area contributed by atoms with Gasteiger partial charge >= 0.3 is 12.4 Å². The van der Waals surface area contributed by atoms with E-state index >= 15 is 0 Å². The van der Waals surface area contributed by atoms with Gasteiger partial charge < -0.3 is 0 Å². The molecule has 0 aromatic heterocycles. The van der Waals surface area contributed by atoms with Crippen LogP contribution >= 0.6 is 25.3 Å². The summed E-state index contributed by atoms with van der Waals surface area (Å²) in [5.74, 6) is 0. The fourth-order valence-electron chi connectivity index (χ4n) is 1.91. The second kappa shape index (κ2) is 6.76. The van der Waals surface area contributed by atoms with Crippen LogP contribution in [-0.4, -0.2) is 0 Å². The lowest BCUT2D eigenvalue weighted by atomic mass is 10.1. The van der Waals surface area contributed by atoms with Crippen molar-refractivity contribution in [2.75, 3.05) is 0 Å². The molecule has 128 valence electrons. The molecule has 0 aliphatic heterocycles. The Labute approximate surface area is 145 Å². The highest BCUT2D eigenvalue weighted by molar-refractivity contribution is 7.96. The lowest BCUT2D eigenvalue weighted by Gasteiger charge is -2.11. The quantitative estimate of drug-likeness (QED) is 0.336. The van der Waals surface area contributed by atoms with Crippen LogP contribution in [0.25, 0.3) is 9.81 Å². The van der Waals surface area contributed by atoms with Crippen molar-refractivity contribution in [1.29, 1.82) is 0 Å². The predicted molar refractivity (Wildman–Crippen MR) is 87.7 cm³/mol. The topological polar surface area (TPSA) is 0 Å². The number of thiol groups is 2. The Morgan fingerprint density at radius 2 is 0.792 bits per heavy atom. The fraction of sp³-hybridized carbons (Fsp3) is 0.125. The van der Waals surface area contributed by atoms with E-state index in [4.69, 9.17) is 0 Å². The highest BCUT2D eigenvalue weighted by Gasteiger charge is 2.31. The van der Waals surface area contributed by atoms with Crippen molar-refractivity contribution >= 4 is 35.1 Å². The lowest BCUT2D eigenvalue weighted by Crippen LogP contribution is -2.04. The van der Waals surface area contributed by atoms with E-state index in [-0.39, 0.29) is 9.81 Å². The molecular weight excluding hydrogens is 370 g/mol. The van der Waals surface area contributed by atoms with Gasteiger partial charge in [0.2, 0.25) is 0 Å². The number of rotatable bonds is 2. The number of halogens is 6. The van der Waals surface area contributed by atoms with Gasteiger partial charge in [0.05, 0.1) is 11.1 Å². The molecule has 0 spiro atoms. The van der Waals surface area contributed by atoms with E-state index < -0.39 is 23.5 Å². The van der Waals surface area contributed by atoms with Crippen molar-refractivity contribution in [2.24, 2.45) is 0 Å². The Hall–Kier alpha value is -1.54. The molecule has 0 radical (unpaired) electrons. The third kappa shape index (κ3) is 4.30. The molecule has 2 rings (SSSR count). The zero-order chi connectivity index (χ0) is 18.1. The zero-order valence-corrected chi connectivity index (χ0v) is 13.6. The minimum Gasteiger partial charge on any atom is -0.166 e. The Kier molecular flexibility index (Phi) is 5.29. The molecule has 2 aromatic carbocycles. The molecular formula is C16H10F6S2. The maximum Gasteiger partial charge on any atom is 0.416 e. The smallest absolute Gasteiger partial charge is 0.166 e. The Bertz CT molecular complexity index is 675. The van der Waals surface area contributed by atoms with Crippen molar-refractivity contribution in [3.05, 3.63) is 70.8 Å². The Morgan fingerprint density at radius 3 is 1.00 bits per heavy atom. The van der Waals surface area contributed by atoms with E-state index in [1.54, 1.807) is 0 Å². The van der Waals surface area contributed by atoms with Crippen molar-refractivity contribution < 1.29 is 26.3 Å². The molecule has 0 fully saturated rings. The largest absolute Gasteiger partial charge is 0.416 e. The highest BCUT2D eigenvalue weighted by Crippen LogP contribution is 2.36. The van der Waals surface area contributed by atoms with Crippen LogP contribution in [0.4, 0.5) is 26.3 Å². The van der Waals surface area contributed by atoms with Gasteiger partial charge in [0.25, 0.3) is 0 Å². The van der Waals surface area contributed by atoms with Crippen LogP contribution in [0.2, 0.25) is 0 Å². The summed E-state index contributed by atoms with van der Waals surface area (Å²) in [6.45, 7) is 0. The summed E-state index contributed by atoms with van der Waals surface area (Å²) in [7, 11) is 0. The van der Waals surface area contributed by atoms with Crippen molar-refractivity contribution in [3.8, 4) is 0 Å². The highest BCUT2D eigenvalue weighted by atomic mass is 32.1. The molecule has 0 saturated heterocycles. The van der Waals surface area contributed by atoms with Crippen LogP contribution < -0.4 is 0 Å². The van der Waals surface area contributed by atoms with E-state index in [0.717, 1.165) is 24.3 Å². The first-order chi connectivity index (χ1) is 11.0. The van der Waals surface area contributed by atoms with Gasteiger partial charge in [0.15, 0.2) is 0 Å². The normalized spacial score (nSPS) is 13.7. The Morgan fingerprint density at radius 1 is 0.542 bits per heavy atom. The SMILES string of the molecule is FC(F)(F)c1ccc(C(S)=C(S)c2ccc(C(F)(F)F)cc2)cc1. The van der Waals surface area contributed by atoms with Gasteiger partial charge in [-0.1, -0.05) is 24.3 Å². The zero-order valence-electron chi connectivity index (χ0n) is 11.8. The molecule has 0 unspecified atom stereocenters. The van der Waals surface area contributed by atoms with Gasteiger partial charge in [0.1, 0.15) is 0 Å². The summed E-state index contributed by atoms with van der Waals surface area (Å²) < 4.78 is 75.2. The fourth-order valence-corrected chi connectivity index (χ4v) is 2.46. The standard InChI is InChI=1S/C16H10F6S2/c17-15(18,19)11-5-1-9(2-6-11)13(23)14(24)10-3-7-12(8-4-10)16(20,21)22/h1-8,23-24H. The van der Waals surface area contributed by atoms with E-state index in [2.05, 4.69) is 25.3 Å². The third-order valence-electron chi connectivity index (χ3n) is 3.20. The van der Waals surface area contributed by atoms with Gasteiger partial charge in [-0.2, -0.15) is 26.3 Å². The molecule has 2 aromatic rings.